The van der Waals surface area contributed by atoms with Crippen molar-refractivity contribution >= 4 is 23.6 Å². The van der Waals surface area contributed by atoms with Crippen LogP contribution < -0.4 is 22.1 Å². The van der Waals surface area contributed by atoms with Crippen LogP contribution in [0.1, 0.15) is 32.6 Å². The van der Waals surface area contributed by atoms with E-state index in [0.717, 1.165) is 24.8 Å². The van der Waals surface area contributed by atoms with E-state index in [-0.39, 0.29) is 24.0 Å². The number of anilines is 1. The molecular formula is C19H25N5O2. The van der Waals surface area contributed by atoms with Crippen LogP contribution in [-0.4, -0.2) is 30.9 Å². The molecule has 3 rings (SSSR count). The van der Waals surface area contributed by atoms with Gasteiger partial charge >= 0.3 is 5.69 Å². The van der Waals surface area contributed by atoms with Gasteiger partial charge in [-0.05, 0) is 32.6 Å². The second kappa shape index (κ2) is 7.70. The molecule has 0 saturated heterocycles. The van der Waals surface area contributed by atoms with Gasteiger partial charge in [-0.3, -0.25) is 0 Å². The number of aromatic nitrogens is 4. The van der Waals surface area contributed by atoms with Crippen molar-refractivity contribution in [2.45, 2.75) is 39.2 Å². The summed E-state index contributed by atoms with van der Waals surface area (Å²) in [6.07, 6.45) is 11.4. The molecule has 0 aromatic carbocycles. The number of rotatable bonds is 7. The zero-order valence-corrected chi connectivity index (χ0v) is 15.1. The van der Waals surface area contributed by atoms with Gasteiger partial charge in [-0.15, -0.1) is 5.10 Å². The van der Waals surface area contributed by atoms with Gasteiger partial charge < -0.3 is 10.8 Å². The third kappa shape index (κ3) is 3.48. The van der Waals surface area contributed by atoms with Gasteiger partial charge in [0, 0.05) is 12.5 Å². The standard InChI is InChI=1S/C19H25N5O2/c1-3-4-5-6-7-13(2)11-23-19(26)24-16-9-8-14(12-25)10-15(16)21-17(20)18(24)22-23/h3-4,9-10,14,25H,2,5-8,11-12H2,1H3,(H2,20,21)/b4-3-. The molecule has 0 radical (unpaired) electrons. The highest BCUT2D eigenvalue weighted by Crippen LogP contribution is 2.10. The fourth-order valence-electron chi connectivity index (χ4n) is 3.17. The average Bonchev–Trinajstić information content (AvgIpc) is 2.96. The van der Waals surface area contributed by atoms with Gasteiger partial charge in [-0.1, -0.05) is 36.5 Å². The molecule has 1 aliphatic rings. The maximum absolute atomic E-state index is 12.9. The minimum atomic E-state index is -0.243. The molecule has 3 N–H and O–H groups in total. The monoisotopic (exact) mass is 355 g/mol. The Balaban J connectivity index is 1.96. The predicted molar refractivity (Wildman–Crippen MR) is 103 cm³/mol. The van der Waals surface area contributed by atoms with E-state index >= 15 is 0 Å². The van der Waals surface area contributed by atoms with Crippen LogP contribution in [0.25, 0.3) is 17.8 Å². The summed E-state index contributed by atoms with van der Waals surface area (Å²) in [6, 6.07) is 0. The molecule has 2 aromatic rings. The first kappa shape index (κ1) is 18.1. The molecule has 1 atom stereocenters. The second-order valence-electron chi connectivity index (χ2n) is 6.63. The first-order valence-electron chi connectivity index (χ1n) is 8.91. The van der Waals surface area contributed by atoms with Crippen molar-refractivity contribution in [2.75, 3.05) is 12.3 Å². The van der Waals surface area contributed by atoms with Crippen LogP contribution in [-0.2, 0) is 6.54 Å². The van der Waals surface area contributed by atoms with Gasteiger partial charge in [0.15, 0.2) is 5.82 Å². The number of unbranched alkanes of at least 4 members (excludes halogenated alkanes) is 1. The Morgan fingerprint density at radius 1 is 1.54 bits per heavy atom. The average molecular weight is 355 g/mol. The van der Waals surface area contributed by atoms with Crippen molar-refractivity contribution in [3.05, 3.63) is 45.5 Å². The van der Waals surface area contributed by atoms with Crippen molar-refractivity contribution in [3.8, 4) is 0 Å². The van der Waals surface area contributed by atoms with E-state index in [4.69, 9.17) is 5.73 Å². The summed E-state index contributed by atoms with van der Waals surface area (Å²) in [6.45, 7) is 6.48. The van der Waals surface area contributed by atoms with Crippen molar-refractivity contribution in [2.24, 2.45) is 5.92 Å². The Morgan fingerprint density at radius 3 is 3.08 bits per heavy atom. The molecule has 7 nitrogen and oxygen atoms in total. The topological polar surface area (TPSA) is 98.4 Å². The van der Waals surface area contributed by atoms with Crippen LogP contribution in [0.5, 0.6) is 0 Å². The van der Waals surface area contributed by atoms with Crippen molar-refractivity contribution in [1.82, 2.24) is 19.2 Å². The molecule has 26 heavy (non-hydrogen) atoms. The molecule has 0 amide bonds. The number of nitrogens with zero attached hydrogens (tertiary/aromatic N) is 4. The SMILES string of the molecule is C=C(CCC/C=C\C)Cn1nc2c(N)nc3c(n2c1=O)=CCC(CO)C=3. The fraction of sp³-hybridized carbons (Fsp3) is 0.421. The van der Waals surface area contributed by atoms with Gasteiger partial charge in [-0.25, -0.2) is 18.9 Å². The fourth-order valence-corrected chi connectivity index (χ4v) is 3.17. The quantitative estimate of drug-likeness (QED) is 0.552. The highest BCUT2D eigenvalue weighted by atomic mass is 16.3. The second-order valence-corrected chi connectivity index (χ2v) is 6.63. The van der Waals surface area contributed by atoms with Gasteiger partial charge in [0.05, 0.1) is 17.2 Å². The molecule has 0 saturated carbocycles. The highest BCUT2D eigenvalue weighted by Gasteiger charge is 2.16. The maximum atomic E-state index is 12.9. The first-order chi connectivity index (χ1) is 12.5. The van der Waals surface area contributed by atoms with E-state index < -0.39 is 0 Å². The van der Waals surface area contributed by atoms with E-state index in [1.54, 1.807) is 0 Å². The van der Waals surface area contributed by atoms with Gasteiger partial charge in [0.1, 0.15) is 0 Å². The van der Waals surface area contributed by atoms with Crippen LogP contribution >= 0.6 is 0 Å². The van der Waals surface area contributed by atoms with Crippen LogP contribution in [0, 0.1) is 5.92 Å². The number of nitrogen functional groups attached to an aromatic ring is 1. The Labute approximate surface area is 151 Å². The highest BCUT2D eigenvalue weighted by molar-refractivity contribution is 5.59. The largest absolute Gasteiger partial charge is 0.396 e. The summed E-state index contributed by atoms with van der Waals surface area (Å²) in [7, 11) is 0. The van der Waals surface area contributed by atoms with Gasteiger partial charge in [0.2, 0.25) is 5.65 Å². The van der Waals surface area contributed by atoms with Crippen LogP contribution in [0.3, 0.4) is 0 Å². The third-order valence-corrected chi connectivity index (χ3v) is 4.56. The first-order valence-corrected chi connectivity index (χ1v) is 8.91. The number of aliphatic hydroxyl groups is 1. The summed E-state index contributed by atoms with van der Waals surface area (Å²) in [5.74, 6) is 0.205. The maximum Gasteiger partial charge on any atom is 0.351 e. The van der Waals surface area contributed by atoms with Crippen molar-refractivity contribution in [3.63, 3.8) is 0 Å². The third-order valence-electron chi connectivity index (χ3n) is 4.56. The van der Waals surface area contributed by atoms with E-state index in [0.29, 0.717) is 29.3 Å². The normalized spacial score (nSPS) is 16.5. The molecular weight excluding hydrogens is 330 g/mol. The Kier molecular flexibility index (Phi) is 5.37. The number of nitrogens with two attached hydrogens (primary N) is 1. The summed E-state index contributed by atoms with van der Waals surface area (Å²) in [5, 5.41) is 15.0. The Hall–Kier alpha value is -2.67. The van der Waals surface area contributed by atoms with E-state index in [9.17, 15) is 9.90 Å². The lowest BCUT2D eigenvalue weighted by molar-refractivity contribution is 0.262. The van der Waals surface area contributed by atoms with Crippen LogP contribution in [0.4, 0.5) is 5.82 Å². The zero-order chi connectivity index (χ0) is 18.7. The van der Waals surface area contributed by atoms with E-state index in [1.165, 1.54) is 9.08 Å². The molecule has 0 bridgehead atoms. The minimum absolute atomic E-state index is 0.00505. The molecule has 1 unspecified atom stereocenters. The molecule has 7 heteroatoms. The number of fused-ring (bicyclic) bond motifs is 3. The molecule has 138 valence electrons. The van der Waals surface area contributed by atoms with Crippen LogP contribution in [0.2, 0.25) is 0 Å². The van der Waals surface area contributed by atoms with Crippen molar-refractivity contribution in [1.29, 1.82) is 0 Å². The molecule has 0 aliphatic heterocycles. The zero-order valence-electron chi connectivity index (χ0n) is 15.1. The molecule has 2 aromatic heterocycles. The minimum Gasteiger partial charge on any atom is -0.396 e. The lowest BCUT2D eigenvalue weighted by Gasteiger charge is -2.10. The predicted octanol–water partition coefficient (Wildman–Crippen LogP) is 0.349. The summed E-state index contributed by atoms with van der Waals surface area (Å²) < 4.78 is 2.91. The van der Waals surface area contributed by atoms with Gasteiger partial charge in [-0.2, -0.15) is 0 Å². The van der Waals surface area contributed by atoms with Crippen LogP contribution in [0.15, 0.2) is 29.1 Å². The lowest BCUT2D eigenvalue weighted by atomic mass is 10.0. The number of hydrogen-bond donors (Lipinski definition) is 2. The number of allylic oxidation sites excluding steroid dienone is 3. The Morgan fingerprint density at radius 2 is 2.35 bits per heavy atom. The molecule has 0 spiro atoms. The molecule has 2 heterocycles. The number of aliphatic hydroxyl groups excluding tert-OH is 1. The van der Waals surface area contributed by atoms with E-state index in [2.05, 4.69) is 22.7 Å². The van der Waals surface area contributed by atoms with Crippen molar-refractivity contribution < 1.29 is 5.11 Å². The summed E-state index contributed by atoms with van der Waals surface area (Å²) in [4.78, 5) is 17.2. The summed E-state index contributed by atoms with van der Waals surface area (Å²) in [5.41, 5.74) is 7.10. The smallest absolute Gasteiger partial charge is 0.351 e. The molecule has 1 aliphatic carbocycles. The van der Waals surface area contributed by atoms with E-state index in [1.807, 2.05) is 25.2 Å². The number of hydrogen-bond acceptors (Lipinski definition) is 5. The summed E-state index contributed by atoms with van der Waals surface area (Å²) >= 11 is 0. The van der Waals surface area contributed by atoms with Gasteiger partial charge in [0.25, 0.3) is 0 Å². The lowest BCUT2D eigenvalue weighted by Crippen LogP contribution is -2.43. The Bertz CT molecular complexity index is 1030. The molecule has 0 fully saturated rings.